The Kier molecular flexibility index (Phi) is 1.62. The lowest BCUT2D eigenvalue weighted by Crippen LogP contribution is -2.16. The van der Waals surface area contributed by atoms with Crippen LogP contribution in [0, 0.1) is 13.0 Å². The van der Waals surface area contributed by atoms with Crippen molar-refractivity contribution in [3.8, 4) is 0 Å². The van der Waals surface area contributed by atoms with E-state index in [4.69, 9.17) is 0 Å². The first kappa shape index (κ1) is 7.44. The molecule has 0 aromatic heterocycles. The number of nitrogens with one attached hydrogen (secondary N) is 1. The minimum absolute atomic E-state index is 0.101. The summed E-state index contributed by atoms with van der Waals surface area (Å²) in [4.78, 5) is 10.4. The molecule has 10 heavy (non-hydrogen) atoms. The molecular weight excluding hydrogens is 140 g/mol. The Morgan fingerprint density at radius 2 is 2.30 bits per heavy atom. The maximum atomic E-state index is 12.1. The smallest absolute Gasteiger partial charge is 0.252 e. The summed E-state index contributed by atoms with van der Waals surface area (Å²) >= 11 is 0. The summed E-state index contributed by atoms with van der Waals surface area (Å²) in [6.45, 7) is 0. The summed E-state index contributed by atoms with van der Waals surface area (Å²) in [5.41, 5.74) is 0. The first-order valence-corrected chi connectivity index (χ1v) is 3.00. The fraction of sp³-hybridized carbons (Fsp3) is 0.667. The van der Waals surface area contributed by atoms with Crippen LogP contribution in [0.2, 0.25) is 0 Å². The van der Waals surface area contributed by atoms with Gasteiger partial charge in [0.05, 0.1) is 0 Å². The van der Waals surface area contributed by atoms with E-state index in [1.165, 1.54) is 0 Å². The molecule has 0 bridgehead atoms. The first-order valence-electron chi connectivity index (χ1n) is 3.00. The molecule has 0 aromatic rings. The van der Waals surface area contributed by atoms with Crippen molar-refractivity contribution >= 4 is 5.91 Å². The van der Waals surface area contributed by atoms with E-state index in [-0.39, 0.29) is 12.8 Å². The zero-order valence-corrected chi connectivity index (χ0v) is 5.36. The Balaban J connectivity index is 2.24. The second-order valence-electron chi connectivity index (χ2n) is 2.47. The average Bonchev–Trinajstić information content (AvgIpc) is 2.40. The lowest BCUT2D eigenvalue weighted by atomic mass is 10.3. The van der Waals surface area contributed by atoms with Gasteiger partial charge in [-0.1, -0.05) is 0 Å². The fourth-order valence-corrected chi connectivity index (χ4v) is 0.787. The van der Waals surface area contributed by atoms with Crippen molar-refractivity contribution in [3.05, 3.63) is 7.05 Å². The van der Waals surface area contributed by atoms with Crippen molar-refractivity contribution in [2.45, 2.75) is 18.8 Å². The molecule has 1 fully saturated rings. The van der Waals surface area contributed by atoms with E-state index in [0.717, 1.165) is 0 Å². The molecule has 0 aliphatic heterocycles. The van der Waals surface area contributed by atoms with E-state index in [2.05, 4.69) is 12.4 Å². The van der Waals surface area contributed by atoms with Crippen LogP contribution in [0.15, 0.2) is 0 Å². The van der Waals surface area contributed by atoms with E-state index in [1.807, 2.05) is 0 Å². The van der Waals surface area contributed by atoms with Gasteiger partial charge in [0.1, 0.15) is 0 Å². The van der Waals surface area contributed by atoms with Gasteiger partial charge in [0, 0.05) is 25.8 Å². The predicted octanol–water partition coefficient (Wildman–Crippen LogP) is 0.939. The summed E-state index contributed by atoms with van der Waals surface area (Å²) < 4.78 is 24.2. The highest BCUT2D eigenvalue weighted by Crippen LogP contribution is 2.50. The fourth-order valence-electron chi connectivity index (χ4n) is 0.787. The number of amides is 1. The van der Waals surface area contributed by atoms with Crippen LogP contribution in [-0.2, 0) is 4.79 Å². The van der Waals surface area contributed by atoms with Gasteiger partial charge in [-0.05, 0) is 0 Å². The molecule has 1 saturated carbocycles. The van der Waals surface area contributed by atoms with Crippen molar-refractivity contribution in [1.29, 1.82) is 0 Å². The van der Waals surface area contributed by atoms with Gasteiger partial charge < -0.3 is 5.32 Å². The lowest BCUT2D eigenvalue weighted by molar-refractivity contribution is -0.121. The second-order valence-corrected chi connectivity index (χ2v) is 2.47. The van der Waals surface area contributed by atoms with Crippen LogP contribution >= 0.6 is 0 Å². The van der Waals surface area contributed by atoms with Crippen molar-refractivity contribution < 1.29 is 13.6 Å². The normalized spacial score (nSPS) is 27.7. The second kappa shape index (κ2) is 2.18. The maximum absolute atomic E-state index is 12.1. The van der Waals surface area contributed by atoms with Crippen LogP contribution in [0.4, 0.5) is 8.78 Å². The lowest BCUT2D eigenvalue weighted by Gasteiger charge is -1.95. The Morgan fingerprint density at radius 1 is 1.80 bits per heavy atom. The van der Waals surface area contributed by atoms with E-state index >= 15 is 0 Å². The predicted molar refractivity (Wildman–Crippen MR) is 31.2 cm³/mol. The number of hydrogen-bond acceptors (Lipinski definition) is 1. The minimum atomic E-state index is -2.59. The Hall–Kier alpha value is -0.670. The third kappa shape index (κ3) is 1.43. The first-order chi connectivity index (χ1) is 4.56. The van der Waals surface area contributed by atoms with Gasteiger partial charge in [0.15, 0.2) is 0 Å². The van der Waals surface area contributed by atoms with E-state index in [9.17, 15) is 13.6 Å². The van der Waals surface area contributed by atoms with Gasteiger partial charge in [-0.25, -0.2) is 8.78 Å². The molecule has 1 rings (SSSR count). The van der Waals surface area contributed by atoms with Gasteiger partial charge >= 0.3 is 0 Å². The summed E-state index contributed by atoms with van der Waals surface area (Å²) in [6, 6.07) is 0. The van der Waals surface area contributed by atoms with Crippen molar-refractivity contribution in [2.75, 3.05) is 0 Å². The maximum Gasteiger partial charge on any atom is 0.252 e. The third-order valence-corrected chi connectivity index (χ3v) is 1.58. The molecule has 1 N–H and O–H groups in total. The van der Waals surface area contributed by atoms with Gasteiger partial charge in [0.2, 0.25) is 5.91 Å². The summed E-state index contributed by atoms with van der Waals surface area (Å²) in [6.07, 6.45) is -0.253. The molecule has 1 unspecified atom stereocenters. The monoisotopic (exact) mass is 148 g/mol. The van der Waals surface area contributed by atoms with Crippen molar-refractivity contribution in [1.82, 2.24) is 5.32 Å². The number of alkyl halides is 2. The molecule has 4 heteroatoms. The van der Waals surface area contributed by atoms with E-state index in [1.54, 1.807) is 0 Å². The van der Waals surface area contributed by atoms with Crippen LogP contribution in [0.3, 0.4) is 0 Å². The van der Waals surface area contributed by atoms with Crippen molar-refractivity contribution in [2.24, 2.45) is 5.92 Å². The standard InChI is InChI=1S/C6H8F2NO/c1-9-5(10)2-4-3-6(4,7)8/h4H,1-3H2,(H,9,10). The molecule has 0 spiro atoms. The van der Waals surface area contributed by atoms with Crippen molar-refractivity contribution in [3.63, 3.8) is 0 Å². The van der Waals surface area contributed by atoms with Crippen LogP contribution in [0.1, 0.15) is 12.8 Å². The minimum Gasteiger partial charge on any atom is -0.354 e. The summed E-state index contributed by atoms with van der Waals surface area (Å²) in [7, 11) is 3.07. The number of rotatable bonds is 2. The third-order valence-electron chi connectivity index (χ3n) is 1.58. The van der Waals surface area contributed by atoms with Gasteiger partial charge in [0.25, 0.3) is 5.92 Å². The molecule has 1 aliphatic carbocycles. The Labute approximate surface area is 57.6 Å². The van der Waals surface area contributed by atoms with Crippen LogP contribution in [0.5, 0.6) is 0 Å². The topological polar surface area (TPSA) is 29.1 Å². The van der Waals surface area contributed by atoms with Gasteiger partial charge in [-0.3, -0.25) is 4.79 Å². The van der Waals surface area contributed by atoms with E-state index < -0.39 is 17.7 Å². The van der Waals surface area contributed by atoms with Crippen LogP contribution in [0.25, 0.3) is 0 Å². The number of carbonyl (C=O) groups excluding carboxylic acids is 1. The molecule has 1 atom stereocenters. The molecule has 0 aromatic carbocycles. The van der Waals surface area contributed by atoms with Crippen LogP contribution in [-0.4, -0.2) is 11.8 Å². The average molecular weight is 148 g/mol. The van der Waals surface area contributed by atoms with Gasteiger partial charge in [-0.15, -0.1) is 0 Å². The highest BCUT2D eigenvalue weighted by Gasteiger charge is 2.57. The number of hydrogen-bond donors (Lipinski definition) is 1. The highest BCUT2D eigenvalue weighted by molar-refractivity contribution is 5.76. The summed E-state index contributed by atoms with van der Waals surface area (Å²) in [5.74, 6) is -3.75. The molecule has 1 aliphatic rings. The molecule has 0 saturated heterocycles. The summed E-state index contributed by atoms with van der Waals surface area (Å²) in [5, 5.41) is 2.05. The highest BCUT2D eigenvalue weighted by atomic mass is 19.3. The quantitative estimate of drug-likeness (QED) is 0.620. The Morgan fingerprint density at radius 3 is 2.60 bits per heavy atom. The number of carbonyl (C=O) groups is 1. The molecule has 1 radical (unpaired) electrons. The Bertz CT molecular complexity index is 158. The molecule has 1 amide bonds. The molecule has 2 nitrogen and oxygen atoms in total. The van der Waals surface area contributed by atoms with Crippen LogP contribution < -0.4 is 5.32 Å². The number of halogens is 2. The van der Waals surface area contributed by atoms with Gasteiger partial charge in [-0.2, -0.15) is 0 Å². The van der Waals surface area contributed by atoms with E-state index in [0.29, 0.717) is 0 Å². The zero-order chi connectivity index (χ0) is 7.78. The largest absolute Gasteiger partial charge is 0.354 e. The molecular formula is C6H8F2NO. The zero-order valence-electron chi connectivity index (χ0n) is 5.36. The molecule has 0 heterocycles. The molecule has 57 valence electrons. The SMILES string of the molecule is [CH2]NC(=O)CC1CC1(F)F.